The van der Waals surface area contributed by atoms with Gasteiger partial charge in [0.15, 0.2) is 0 Å². The second-order valence-corrected chi connectivity index (χ2v) is 4.08. The first-order valence-corrected chi connectivity index (χ1v) is 5.54. The summed E-state index contributed by atoms with van der Waals surface area (Å²) in [6.45, 7) is 1.91. The molecular formula is C15H15F. The van der Waals surface area contributed by atoms with E-state index in [1.807, 2.05) is 37.3 Å². The van der Waals surface area contributed by atoms with Crippen LogP contribution in [0, 0.1) is 12.7 Å². The third kappa shape index (κ3) is 2.69. The van der Waals surface area contributed by atoms with Gasteiger partial charge in [0.2, 0.25) is 0 Å². The summed E-state index contributed by atoms with van der Waals surface area (Å²) in [4.78, 5) is 0. The Morgan fingerprint density at radius 1 is 0.938 bits per heavy atom. The van der Waals surface area contributed by atoms with E-state index < -0.39 is 0 Å². The van der Waals surface area contributed by atoms with Gasteiger partial charge in [-0.1, -0.05) is 42.5 Å². The summed E-state index contributed by atoms with van der Waals surface area (Å²) in [7, 11) is 0. The van der Waals surface area contributed by atoms with Crippen LogP contribution in [0.15, 0.2) is 48.5 Å². The average molecular weight is 214 g/mol. The van der Waals surface area contributed by atoms with E-state index in [0.717, 1.165) is 24.0 Å². The van der Waals surface area contributed by atoms with Crippen molar-refractivity contribution in [3.8, 4) is 0 Å². The highest BCUT2D eigenvalue weighted by molar-refractivity contribution is 5.25. The van der Waals surface area contributed by atoms with E-state index in [9.17, 15) is 4.39 Å². The minimum absolute atomic E-state index is 0.0871. The molecule has 0 nitrogen and oxygen atoms in total. The van der Waals surface area contributed by atoms with E-state index in [2.05, 4.69) is 12.1 Å². The number of aryl methyl sites for hydroxylation is 3. The van der Waals surface area contributed by atoms with Crippen LogP contribution in [0.1, 0.15) is 16.7 Å². The third-order valence-corrected chi connectivity index (χ3v) is 2.73. The van der Waals surface area contributed by atoms with Crippen molar-refractivity contribution in [1.29, 1.82) is 0 Å². The lowest BCUT2D eigenvalue weighted by atomic mass is 10.0. The van der Waals surface area contributed by atoms with Crippen LogP contribution in [0.4, 0.5) is 4.39 Å². The van der Waals surface area contributed by atoms with Crippen molar-refractivity contribution in [1.82, 2.24) is 0 Å². The molecule has 0 radical (unpaired) electrons. The van der Waals surface area contributed by atoms with Gasteiger partial charge < -0.3 is 0 Å². The topological polar surface area (TPSA) is 0 Å². The van der Waals surface area contributed by atoms with Crippen molar-refractivity contribution in [3.63, 3.8) is 0 Å². The summed E-state index contributed by atoms with van der Waals surface area (Å²) in [5.74, 6) is -0.0871. The fourth-order valence-electron chi connectivity index (χ4n) is 1.78. The van der Waals surface area contributed by atoms with Crippen LogP contribution in [0.2, 0.25) is 0 Å². The summed E-state index contributed by atoms with van der Waals surface area (Å²) >= 11 is 0. The highest BCUT2D eigenvalue weighted by Crippen LogP contribution is 2.13. The molecule has 0 aromatic heterocycles. The molecule has 0 heterocycles. The fourth-order valence-corrected chi connectivity index (χ4v) is 1.78. The van der Waals surface area contributed by atoms with Gasteiger partial charge in [-0.2, -0.15) is 0 Å². The predicted octanol–water partition coefficient (Wildman–Crippen LogP) is 3.92. The van der Waals surface area contributed by atoms with Crippen LogP contribution >= 0.6 is 0 Å². The van der Waals surface area contributed by atoms with E-state index in [0.29, 0.717) is 0 Å². The van der Waals surface area contributed by atoms with Crippen molar-refractivity contribution in [2.75, 3.05) is 0 Å². The van der Waals surface area contributed by atoms with Crippen molar-refractivity contribution >= 4 is 0 Å². The van der Waals surface area contributed by atoms with E-state index in [4.69, 9.17) is 0 Å². The molecule has 0 saturated carbocycles. The Balaban J connectivity index is 2.05. The minimum Gasteiger partial charge on any atom is -0.207 e. The van der Waals surface area contributed by atoms with E-state index >= 15 is 0 Å². The molecule has 2 aromatic rings. The zero-order chi connectivity index (χ0) is 11.4. The normalized spacial score (nSPS) is 10.4. The highest BCUT2D eigenvalue weighted by atomic mass is 19.1. The maximum atomic E-state index is 13.6. The molecule has 0 bridgehead atoms. The van der Waals surface area contributed by atoms with E-state index in [-0.39, 0.29) is 5.82 Å². The Bertz CT molecular complexity index is 460. The molecular weight excluding hydrogens is 199 g/mol. The first-order valence-electron chi connectivity index (χ1n) is 5.54. The van der Waals surface area contributed by atoms with Gasteiger partial charge in [-0.25, -0.2) is 4.39 Å². The van der Waals surface area contributed by atoms with Gasteiger partial charge in [0, 0.05) is 0 Å². The minimum atomic E-state index is -0.0871. The molecule has 0 aliphatic heterocycles. The monoisotopic (exact) mass is 214 g/mol. The van der Waals surface area contributed by atoms with Gasteiger partial charge >= 0.3 is 0 Å². The molecule has 0 atom stereocenters. The highest BCUT2D eigenvalue weighted by Gasteiger charge is 2.02. The molecule has 0 saturated heterocycles. The second-order valence-electron chi connectivity index (χ2n) is 4.08. The second kappa shape index (κ2) is 4.93. The molecule has 2 aromatic carbocycles. The molecule has 16 heavy (non-hydrogen) atoms. The van der Waals surface area contributed by atoms with Crippen LogP contribution in [0.3, 0.4) is 0 Å². The first kappa shape index (κ1) is 10.9. The van der Waals surface area contributed by atoms with Gasteiger partial charge in [0.25, 0.3) is 0 Å². The van der Waals surface area contributed by atoms with Gasteiger partial charge in [-0.05, 0) is 42.5 Å². The molecule has 0 aliphatic carbocycles. The molecule has 0 N–H and O–H groups in total. The molecule has 82 valence electrons. The number of hydrogen-bond acceptors (Lipinski definition) is 0. The third-order valence-electron chi connectivity index (χ3n) is 2.73. The van der Waals surface area contributed by atoms with E-state index in [1.54, 1.807) is 6.07 Å². The quantitative estimate of drug-likeness (QED) is 0.726. The maximum absolute atomic E-state index is 13.6. The van der Waals surface area contributed by atoms with Gasteiger partial charge in [0.1, 0.15) is 5.82 Å². The number of rotatable bonds is 3. The van der Waals surface area contributed by atoms with Crippen molar-refractivity contribution in [3.05, 3.63) is 71.0 Å². The molecule has 1 heteroatoms. The Kier molecular flexibility index (Phi) is 3.35. The lowest BCUT2D eigenvalue weighted by molar-refractivity contribution is 0.607. The molecule has 2 rings (SSSR count). The molecule has 0 unspecified atom stereocenters. The maximum Gasteiger partial charge on any atom is 0.126 e. The summed E-state index contributed by atoms with van der Waals surface area (Å²) < 4.78 is 13.6. The largest absolute Gasteiger partial charge is 0.207 e. The zero-order valence-corrected chi connectivity index (χ0v) is 9.41. The summed E-state index contributed by atoms with van der Waals surface area (Å²) in [6, 6.07) is 15.6. The first-order chi connectivity index (χ1) is 7.75. The Morgan fingerprint density at radius 2 is 1.69 bits per heavy atom. The molecule has 0 fully saturated rings. The smallest absolute Gasteiger partial charge is 0.126 e. The van der Waals surface area contributed by atoms with Crippen LogP contribution in [-0.4, -0.2) is 0 Å². The van der Waals surface area contributed by atoms with E-state index in [1.165, 1.54) is 5.56 Å². The van der Waals surface area contributed by atoms with Crippen molar-refractivity contribution in [2.24, 2.45) is 0 Å². The van der Waals surface area contributed by atoms with Crippen molar-refractivity contribution < 1.29 is 4.39 Å². The molecule has 0 spiro atoms. The van der Waals surface area contributed by atoms with Crippen LogP contribution in [0.5, 0.6) is 0 Å². The lowest BCUT2D eigenvalue weighted by Gasteiger charge is -2.04. The molecule has 0 aliphatic rings. The zero-order valence-electron chi connectivity index (χ0n) is 9.41. The Morgan fingerprint density at radius 3 is 2.38 bits per heavy atom. The van der Waals surface area contributed by atoms with Crippen LogP contribution in [0.25, 0.3) is 0 Å². The Hall–Kier alpha value is -1.63. The Labute approximate surface area is 95.7 Å². The number of benzene rings is 2. The van der Waals surface area contributed by atoms with Crippen molar-refractivity contribution in [2.45, 2.75) is 19.8 Å². The van der Waals surface area contributed by atoms with Crippen LogP contribution < -0.4 is 0 Å². The van der Waals surface area contributed by atoms with Crippen LogP contribution in [-0.2, 0) is 12.8 Å². The van der Waals surface area contributed by atoms with Gasteiger partial charge in [-0.15, -0.1) is 0 Å². The standard InChI is InChI=1S/C15H15F/c1-12-7-9-14(15(16)11-12)10-8-13-5-3-2-4-6-13/h2-7,9,11H,8,10H2,1H3. The number of halogens is 1. The predicted molar refractivity (Wildman–Crippen MR) is 65.0 cm³/mol. The van der Waals surface area contributed by atoms with Gasteiger partial charge in [0.05, 0.1) is 0 Å². The molecule has 0 amide bonds. The SMILES string of the molecule is Cc1ccc(CCc2ccccc2)c(F)c1. The van der Waals surface area contributed by atoms with Gasteiger partial charge in [-0.3, -0.25) is 0 Å². The summed E-state index contributed by atoms with van der Waals surface area (Å²) in [6.07, 6.45) is 1.65. The summed E-state index contributed by atoms with van der Waals surface area (Å²) in [5, 5.41) is 0. The lowest BCUT2D eigenvalue weighted by Crippen LogP contribution is -1.95. The summed E-state index contributed by atoms with van der Waals surface area (Å²) in [5.41, 5.74) is 3.03. The average Bonchev–Trinajstić information content (AvgIpc) is 2.29. The number of hydrogen-bond donors (Lipinski definition) is 0. The fraction of sp³-hybridized carbons (Fsp3) is 0.200.